The molecule has 3 heterocycles. The molecule has 4 aliphatic rings. The normalized spacial score (nSPS) is 25.8. The molecule has 14 nitrogen and oxygen atoms in total. The van der Waals surface area contributed by atoms with Crippen LogP contribution in [0.15, 0.2) is 48.6 Å². The molecule has 2 aromatic rings. The lowest BCUT2D eigenvalue weighted by atomic mass is 10.0. The van der Waals surface area contributed by atoms with Gasteiger partial charge in [0.15, 0.2) is 0 Å². The number of carbonyl (C=O) groups is 5. The fourth-order valence-electron chi connectivity index (χ4n) is 7.45. The van der Waals surface area contributed by atoms with Gasteiger partial charge in [0.05, 0.1) is 18.8 Å². The van der Waals surface area contributed by atoms with Gasteiger partial charge in [0.2, 0.25) is 21.8 Å². The maximum Gasteiger partial charge on any atom is 0.410 e. The average Bonchev–Trinajstić information content (AvgIpc) is 3.40. The van der Waals surface area contributed by atoms with E-state index in [0.29, 0.717) is 41.8 Å². The first-order valence-electron chi connectivity index (χ1n) is 18.8. The Morgan fingerprint density at radius 1 is 1.07 bits per heavy atom. The second-order valence-corrected chi connectivity index (χ2v) is 18.5. The summed E-state index contributed by atoms with van der Waals surface area (Å²) in [5, 5.41) is 5.81. The Morgan fingerprint density at radius 3 is 2.56 bits per heavy atom. The van der Waals surface area contributed by atoms with Crippen LogP contribution >= 0.6 is 23.2 Å². The molecule has 0 aromatic heterocycles. The van der Waals surface area contributed by atoms with Gasteiger partial charge in [0, 0.05) is 34.5 Å². The third-order valence-electron chi connectivity index (χ3n) is 10.4. The van der Waals surface area contributed by atoms with Crippen LogP contribution in [0.2, 0.25) is 10.0 Å². The molecule has 2 fully saturated rings. The summed E-state index contributed by atoms with van der Waals surface area (Å²) in [7, 11) is -4.33. The van der Waals surface area contributed by atoms with Gasteiger partial charge in [-0.05, 0) is 75.8 Å². The Bertz CT molecular complexity index is 2080. The first-order chi connectivity index (χ1) is 26.8. The van der Waals surface area contributed by atoms with Gasteiger partial charge in [0.1, 0.15) is 35.1 Å². The zero-order valence-electron chi connectivity index (χ0n) is 31.8. The molecule has 0 spiro atoms. The second kappa shape index (κ2) is 16.8. The van der Waals surface area contributed by atoms with E-state index >= 15 is 0 Å². The summed E-state index contributed by atoms with van der Waals surface area (Å²) in [5.74, 6) is -4.04. The van der Waals surface area contributed by atoms with Gasteiger partial charge in [-0.1, -0.05) is 66.4 Å². The highest BCUT2D eigenvalue weighted by molar-refractivity contribution is 7.89. The summed E-state index contributed by atoms with van der Waals surface area (Å²) >= 11 is 12.2. The zero-order valence-corrected chi connectivity index (χ0v) is 34.1. The van der Waals surface area contributed by atoms with Crippen LogP contribution in [0.25, 0.3) is 0 Å². The highest BCUT2D eigenvalue weighted by Crippen LogP contribution is 2.46. The molecule has 5 amide bonds. The molecular weight excluding hydrogens is 804 g/mol. The average molecular weight is 851 g/mol. The number of hydrogen-bond donors (Lipinski definition) is 3. The second-order valence-electron chi connectivity index (χ2n) is 15.9. The lowest BCUT2D eigenvalue weighted by Crippen LogP contribution is -2.58. The maximum absolute atomic E-state index is 14.5. The van der Waals surface area contributed by atoms with Crippen LogP contribution in [0, 0.1) is 11.7 Å². The van der Waals surface area contributed by atoms with Gasteiger partial charge < -0.3 is 25.0 Å². The number of fused-ring (bicyclic) bond motifs is 3. The summed E-state index contributed by atoms with van der Waals surface area (Å²) in [6.45, 7) is 4.89. The summed E-state index contributed by atoms with van der Waals surface area (Å²) in [6, 6.07) is 6.44. The van der Waals surface area contributed by atoms with Gasteiger partial charge in [-0.2, -0.15) is 0 Å². The van der Waals surface area contributed by atoms with Crippen molar-refractivity contribution >= 4 is 63.1 Å². The van der Waals surface area contributed by atoms with E-state index in [4.69, 9.17) is 32.7 Å². The van der Waals surface area contributed by atoms with E-state index in [-0.39, 0.29) is 49.5 Å². The Kier molecular flexibility index (Phi) is 12.5. The standard InChI is InChI=1S/C39H46Cl2FN5O9S/c1-38(2,3)56-36(51)43-31-13-8-6-4-5-7-11-25-18-39(25,35(50)45-57(53,54)22-24-14-15-26(40)16-29(24)41)44-33(48)32-17-27(20-47(32)34(31)49)55-37(52)46-19-23-10-9-12-30(42)28(23)21-46/h7,9-12,14-16,25,27,31-32H,4-6,8,13,17-22H2,1-3H3,(H,43,51)(H,44,48)(H,45,50)/b11-7-/t25-,27-,31+,32+,39-/m1/s1. The summed E-state index contributed by atoms with van der Waals surface area (Å²) in [6.07, 6.45) is 3.71. The predicted molar refractivity (Wildman–Crippen MR) is 208 cm³/mol. The van der Waals surface area contributed by atoms with E-state index in [1.165, 1.54) is 34.1 Å². The van der Waals surface area contributed by atoms with Crippen molar-refractivity contribution in [2.75, 3.05) is 6.54 Å². The molecule has 3 N–H and O–H groups in total. The number of amides is 5. The molecule has 6 rings (SSSR count). The molecule has 1 saturated carbocycles. The maximum atomic E-state index is 14.5. The van der Waals surface area contributed by atoms with Crippen molar-refractivity contribution in [1.82, 2.24) is 25.2 Å². The smallest absolute Gasteiger partial charge is 0.410 e. The number of allylic oxidation sites excluding steroid dienone is 1. The molecule has 0 radical (unpaired) electrons. The van der Waals surface area contributed by atoms with Crippen LogP contribution in [0.3, 0.4) is 0 Å². The van der Waals surface area contributed by atoms with E-state index in [0.717, 1.165) is 0 Å². The summed E-state index contributed by atoms with van der Waals surface area (Å²) in [4.78, 5) is 71.6. The Balaban J connectivity index is 1.25. The number of benzene rings is 2. The van der Waals surface area contributed by atoms with Crippen molar-refractivity contribution in [3.8, 4) is 0 Å². The number of halogens is 3. The number of nitrogens with one attached hydrogen (secondary N) is 3. The third kappa shape index (κ3) is 10.2. The minimum Gasteiger partial charge on any atom is -0.444 e. The van der Waals surface area contributed by atoms with E-state index in [2.05, 4.69) is 15.4 Å². The van der Waals surface area contributed by atoms with Gasteiger partial charge in [-0.25, -0.2) is 22.4 Å². The van der Waals surface area contributed by atoms with Crippen molar-refractivity contribution in [2.24, 2.45) is 5.92 Å². The highest BCUT2D eigenvalue weighted by atomic mass is 35.5. The quantitative estimate of drug-likeness (QED) is 0.317. The largest absolute Gasteiger partial charge is 0.444 e. The monoisotopic (exact) mass is 849 g/mol. The number of alkyl carbamates (subject to hydrolysis) is 1. The van der Waals surface area contributed by atoms with Crippen LogP contribution in [0.5, 0.6) is 0 Å². The van der Waals surface area contributed by atoms with Crippen LogP contribution < -0.4 is 15.4 Å². The Labute approximate surface area is 340 Å². The third-order valence-corrected chi connectivity index (χ3v) is 12.2. The number of carbonyl (C=O) groups excluding carboxylic acids is 5. The van der Waals surface area contributed by atoms with E-state index in [1.807, 2.05) is 6.08 Å². The minimum atomic E-state index is -4.33. The van der Waals surface area contributed by atoms with Gasteiger partial charge in [0.25, 0.3) is 5.91 Å². The van der Waals surface area contributed by atoms with Gasteiger partial charge in [-0.15, -0.1) is 0 Å². The molecule has 3 aliphatic heterocycles. The molecule has 1 aliphatic carbocycles. The molecule has 308 valence electrons. The summed E-state index contributed by atoms with van der Waals surface area (Å²) in [5.41, 5.74) is -1.35. The van der Waals surface area contributed by atoms with Gasteiger partial charge >= 0.3 is 12.2 Å². The zero-order chi connectivity index (χ0) is 41.3. The van der Waals surface area contributed by atoms with Crippen molar-refractivity contribution in [3.63, 3.8) is 0 Å². The molecular formula is C39H46Cl2FN5O9S. The number of ether oxygens (including phenoxy) is 2. The van der Waals surface area contributed by atoms with E-state index in [9.17, 15) is 36.8 Å². The van der Waals surface area contributed by atoms with Crippen LogP contribution in [0.4, 0.5) is 14.0 Å². The molecule has 0 bridgehead atoms. The van der Waals surface area contributed by atoms with E-state index in [1.54, 1.807) is 39.0 Å². The number of nitrogens with zero attached hydrogens (tertiary/aromatic N) is 2. The molecule has 18 heteroatoms. The first kappa shape index (κ1) is 42.2. The van der Waals surface area contributed by atoms with E-state index < -0.39 is 86.7 Å². The Morgan fingerprint density at radius 2 is 1.84 bits per heavy atom. The lowest BCUT2D eigenvalue weighted by Gasteiger charge is -2.30. The van der Waals surface area contributed by atoms with Crippen LogP contribution in [-0.2, 0) is 52.7 Å². The molecule has 2 aromatic carbocycles. The van der Waals surface area contributed by atoms with Gasteiger partial charge in [-0.3, -0.25) is 24.0 Å². The predicted octanol–water partition coefficient (Wildman–Crippen LogP) is 5.49. The molecule has 5 atom stereocenters. The van der Waals surface area contributed by atoms with Crippen molar-refractivity contribution in [3.05, 3.63) is 81.1 Å². The van der Waals surface area contributed by atoms with Crippen LogP contribution in [-0.4, -0.2) is 84.0 Å². The lowest BCUT2D eigenvalue weighted by molar-refractivity contribution is -0.141. The number of hydrogen-bond acceptors (Lipinski definition) is 9. The summed E-state index contributed by atoms with van der Waals surface area (Å²) < 4.78 is 54.4. The Hall–Kier alpha value is -4.41. The molecule has 1 saturated heterocycles. The molecule has 0 unspecified atom stereocenters. The van der Waals surface area contributed by atoms with Crippen LogP contribution in [0.1, 0.15) is 82.4 Å². The molecule has 57 heavy (non-hydrogen) atoms. The number of rotatable bonds is 6. The van der Waals surface area contributed by atoms with Crippen molar-refractivity contribution in [1.29, 1.82) is 0 Å². The highest BCUT2D eigenvalue weighted by Gasteiger charge is 2.61. The fraction of sp³-hybridized carbons (Fsp3) is 0.513. The SMILES string of the molecule is CC(C)(C)OC(=O)N[C@H]1CCCCC/C=C\[C@@H]2C[C@@]2(C(=O)NS(=O)(=O)Cc2ccc(Cl)cc2Cl)NC(=O)[C@@H]2C[C@@H](OC(=O)N3Cc4cccc(F)c4C3)CN2C1=O. The van der Waals surface area contributed by atoms with Crippen molar-refractivity contribution < 1.29 is 46.3 Å². The number of sulfonamides is 1. The topological polar surface area (TPSA) is 181 Å². The van der Waals surface area contributed by atoms with Crippen molar-refractivity contribution in [2.45, 2.75) is 114 Å². The first-order valence-corrected chi connectivity index (χ1v) is 21.2. The minimum absolute atomic E-state index is 0.0261. The fourth-order valence-corrected chi connectivity index (χ4v) is 9.21.